The maximum absolute atomic E-state index is 12.2. The fourth-order valence-corrected chi connectivity index (χ4v) is 1.82. The number of amides is 1. The van der Waals surface area contributed by atoms with Crippen molar-refractivity contribution in [2.24, 2.45) is 0 Å². The highest BCUT2D eigenvalue weighted by molar-refractivity contribution is 5.70. The first kappa shape index (κ1) is 14.0. The Bertz CT molecular complexity index is 328. The van der Waals surface area contributed by atoms with Crippen molar-refractivity contribution < 1.29 is 14.3 Å². The second-order valence-electron chi connectivity index (χ2n) is 5.97. The van der Waals surface area contributed by atoms with Crippen LogP contribution in [0.3, 0.4) is 0 Å². The van der Waals surface area contributed by atoms with Crippen LogP contribution < -0.4 is 0 Å². The van der Waals surface area contributed by atoms with E-state index < -0.39 is 11.3 Å². The first-order valence-electron chi connectivity index (χ1n) is 5.86. The van der Waals surface area contributed by atoms with E-state index in [0.29, 0.717) is 6.61 Å². The van der Waals surface area contributed by atoms with Crippen molar-refractivity contribution in [3.05, 3.63) is 12.2 Å². The molecule has 1 saturated heterocycles. The van der Waals surface area contributed by atoms with Gasteiger partial charge in [-0.2, -0.15) is 0 Å². The molecular formula is C13H23NO3. The van der Waals surface area contributed by atoms with Gasteiger partial charge in [-0.1, -0.05) is 12.2 Å². The number of hydrogen-bond donors (Lipinski definition) is 0. The van der Waals surface area contributed by atoms with Crippen molar-refractivity contribution in [1.82, 2.24) is 4.90 Å². The van der Waals surface area contributed by atoms with E-state index in [2.05, 4.69) is 6.58 Å². The molecular weight excluding hydrogens is 218 g/mol. The van der Waals surface area contributed by atoms with Gasteiger partial charge in [0.25, 0.3) is 0 Å². The fourth-order valence-electron chi connectivity index (χ4n) is 1.82. The molecule has 0 aliphatic carbocycles. The Balaban J connectivity index is 2.90. The van der Waals surface area contributed by atoms with Crippen molar-refractivity contribution in [3.63, 3.8) is 0 Å². The summed E-state index contributed by atoms with van der Waals surface area (Å²) in [7, 11) is 0. The van der Waals surface area contributed by atoms with E-state index in [4.69, 9.17) is 9.47 Å². The molecule has 1 aliphatic heterocycles. The molecule has 0 aromatic rings. The predicted molar refractivity (Wildman–Crippen MR) is 66.7 cm³/mol. The van der Waals surface area contributed by atoms with Crippen LogP contribution in [-0.2, 0) is 9.47 Å². The Hall–Kier alpha value is -1.03. The maximum Gasteiger partial charge on any atom is 0.413 e. The number of carbonyl (C=O) groups is 1. The molecule has 0 aromatic heterocycles. The first-order chi connectivity index (χ1) is 7.54. The minimum Gasteiger partial charge on any atom is -0.444 e. The summed E-state index contributed by atoms with van der Waals surface area (Å²) in [6, 6.07) is -0.111. The highest BCUT2D eigenvalue weighted by Crippen LogP contribution is 2.31. The van der Waals surface area contributed by atoms with Crippen LogP contribution in [0.4, 0.5) is 4.79 Å². The molecule has 0 bridgehead atoms. The van der Waals surface area contributed by atoms with Gasteiger partial charge in [0.05, 0.1) is 12.6 Å². The van der Waals surface area contributed by atoms with Crippen LogP contribution in [0.25, 0.3) is 0 Å². The molecule has 1 atom stereocenters. The molecule has 0 unspecified atom stereocenters. The second kappa shape index (κ2) is 4.33. The Labute approximate surface area is 104 Å². The summed E-state index contributed by atoms with van der Waals surface area (Å²) in [5.74, 6) is 0. The topological polar surface area (TPSA) is 38.8 Å². The highest BCUT2D eigenvalue weighted by atomic mass is 16.6. The summed E-state index contributed by atoms with van der Waals surface area (Å²) in [6.45, 7) is 15.5. The molecule has 0 radical (unpaired) electrons. The molecule has 1 rings (SSSR count). The van der Waals surface area contributed by atoms with Crippen molar-refractivity contribution in [2.45, 2.75) is 58.9 Å². The molecule has 0 N–H and O–H groups in total. The standard InChI is InChI=1S/C13H23NO3/c1-9(2)10-8-16-13(6,7)14(10)11(15)17-12(3,4)5/h10H,1,8H2,2-7H3/t10-/m1/s1. The molecule has 1 fully saturated rings. The lowest BCUT2D eigenvalue weighted by Crippen LogP contribution is -2.50. The van der Waals surface area contributed by atoms with E-state index in [0.717, 1.165) is 5.57 Å². The van der Waals surface area contributed by atoms with E-state index in [-0.39, 0.29) is 12.1 Å². The second-order valence-corrected chi connectivity index (χ2v) is 5.97. The Morgan fingerprint density at radius 3 is 2.41 bits per heavy atom. The van der Waals surface area contributed by atoms with Crippen LogP contribution in [0.5, 0.6) is 0 Å². The number of hydrogen-bond acceptors (Lipinski definition) is 3. The van der Waals surface area contributed by atoms with Gasteiger partial charge in [0.2, 0.25) is 0 Å². The molecule has 4 heteroatoms. The molecule has 98 valence electrons. The van der Waals surface area contributed by atoms with E-state index in [1.165, 1.54) is 0 Å². The summed E-state index contributed by atoms with van der Waals surface area (Å²) in [6.07, 6.45) is -0.354. The summed E-state index contributed by atoms with van der Waals surface area (Å²) in [5.41, 5.74) is -0.247. The zero-order chi connectivity index (χ0) is 13.4. The van der Waals surface area contributed by atoms with Crippen LogP contribution in [0.1, 0.15) is 41.5 Å². The summed E-state index contributed by atoms with van der Waals surface area (Å²) < 4.78 is 11.0. The summed E-state index contributed by atoms with van der Waals surface area (Å²) in [4.78, 5) is 13.8. The first-order valence-corrected chi connectivity index (χ1v) is 5.86. The zero-order valence-corrected chi connectivity index (χ0v) is 11.7. The van der Waals surface area contributed by atoms with E-state index in [1.54, 1.807) is 4.90 Å². The fraction of sp³-hybridized carbons (Fsp3) is 0.769. The van der Waals surface area contributed by atoms with Crippen LogP contribution in [0.2, 0.25) is 0 Å². The van der Waals surface area contributed by atoms with Gasteiger partial charge in [-0.25, -0.2) is 4.79 Å². The number of rotatable bonds is 1. The molecule has 17 heavy (non-hydrogen) atoms. The normalized spacial score (nSPS) is 23.6. The molecule has 1 heterocycles. The maximum atomic E-state index is 12.2. The minimum atomic E-state index is -0.647. The lowest BCUT2D eigenvalue weighted by Gasteiger charge is -2.35. The van der Waals surface area contributed by atoms with Gasteiger partial charge in [-0.15, -0.1) is 0 Å². The molecule has 1 amide bonds. The predicted octanol–water partition coefficient (Wildman–Crippen LogP) is 2.93. The van der Waals surface area contributed by atoms with E-state index in [1.807, 2.05) is 41.5 Å². The SMILES string of the molecule is C=C(C)[C@H]1COC(C)(C)N1C(=O)OC(C)(C)C. The van der Waals surface area contributed by atoms with Crippen molar-refractivity contribution in [2.75, 3.05) is 6.61 Å². The lowest BCUT2D eigenvalue weighted by molar-refractivity contribution is -0.0613. The van der Waals surface area contributed by atoms with Crippen LogP contribution in [0, 0.1) is 0 Å². The third-order valence-corrected chi connectivity index (χ3v) is 2.65. The van der Waals surface area contributed by atoms with Crippen LogP contribution >= 0.6 is 0 Å². The largest absolute Gasteiger partial charge is 0.444 e. The highest BCUT2D eigenvalue weighted by Gasteiger charge is 2.45. The Morgan fingerprint density at radius 2 is 2.00 bits per heavy atom. The lowest BCUT2D eigenvalue weighted by atomic mass is 10.1. The van der Waals surface area contributed by atoms with Crippen LogP contribution in [0.15, 0.2) is 12.2 Å². The van der Waals surface area contributed by atoms with Crippen molar-refractivity contribution >= 4 is 6.09 Å². The van der Waals surface area contributed by atoms with Crippen LogP contribution in [-0.4, -0.2) is 35.0 Å². The van der Waals surface area contributed by atoms with Gasteiger partial charge in [-0.05, 0) is 41.5 Å². The smallest absolute Gasteiger partial charge is 0.413 e. The van der Waals surface area contributed by atoms with Gasteiger partial charge in [0.15, 0.2) is 0 Å². The van der Waals surface area contributed by atoms with Gasteiger partial charge < -0.3 is 9.47 Å². The zero-order valence-electron chi connectivity index (χ0n) is 11.7. The number of carbonyl (C=O) groups excluding carboxylic acids is 1. The molecule has 0 spiro atoms. The van der Waals surface area contributed by atoms with Gasteiger partial charge in [-0.3, -0.25) is 4.90 Å². The van der Waals surface area contributed by atoms with Gasteiger partial charge in [0.1, 0.15) is 11.3 Å². The number of nitrogens with zero attached hydrogens (tertiary/aromatic N) is 1. The van der Waals surface area contributed by atoms with E-state index in [9.17, 15) is 4.79 Å². The van der Waals surface area contributed by atoms with E-state index >= 15 is 0 Å². The Kier molecular flexibility index (Phi) is 3.58. The third-order valence-electron chi connectivity index (χ3n) is 2.65. The van der Waals surface area contributed by atoms with Crippen molar-refractivity contribution in [3.8, 4) is 0 Å². The van der Waals surface area contributed by atoms with Gasteiger partial charge >= 0.3 is 6.09 Å². The Morgan fingerprint density at radius 1 is 1.47 bits per heavy atom. The molecule has 0 aromatic carbocycles. The molecule has 4 nitrogen and oxygen atoms in total. The third kappa shape index (κ3) is 3.22. The monoisotopic (exact) mass is 241 g/mol. The van der Waals surface area contributed by atoms with Crippen molar-refractivity contribution in [1.29, 1.82) is 0 Å². The minimum absolute atomic E-state index is 0.111. The summed E-state index contributed by atoms with van der Waals surface area (Å²) >= 11 is 0. The summed E-state index contributed by atoms with van der Waals surface area (Å²) in [5, 5.41) is 0. The molecule has 0 saturated carbocycles. The average Bonchev–Trinajstić information content (AvgIpc) is 2.37. The average molecular weight is 241 g/mol. The quantitative estimate of drug-likeness (QED) is 0.662. The molecule has 1 aliphatic rings. The van der Waals surface area contributed by atoms with Gasteiger partial charge in [0, 0.05) is 0 Å². The number of ether oxygens (including phenoxy) is 2.